The van der Waals surface area contributed by atoms with Gasteiger partial charge in [-0.15, -0.1) is 0 Å². The van der Waals surface area contributed by atoms with Crippen LogP contribution in [0.4, 0.5) is 0 Å². The number of phosphoric acid groups is 1. The van der Waals surface area contributed by atoms with Crippen molar-refractivity contribution in [1.82, 2.24) is 0 Å². The zero-order valence-corrected chi connectivity index (χ0v) is 27.4. The maximum absolute atomic E-state index is 10.6. The summed E-state index contributed by atoms with van der Waals surface area (Å²) in [6.45, 7) is 2.47. The average Bonchev–Trinajstić information content (AvgIpc) is 2.90. The average molecular weight is 575 g/mol. The van der Waals surface area contributed by atoms with Crippen LogP contribution >= 0.6 is 7.82 Å². The first-order valence-electron chi connectivity index (χ1n) is 17.8. The van der Waals surface area contributed by atoms with Crippen molar-refractivity contribution in [3.05, 3.63) is 0 Å². The Morgan fingerprint density at radius 3 is 0.718 bits per heavy atom. The van der Waals surface area contributed by atoms with Gasteiger partial charge in [-0.2, -0.15) is 0 Å². The number of hydrogen-bond donors (Lipinski definition) is 2. The van der Waals surface area contributed by atoms with Crippen LogP contribution in [-0.2, 0) is 9.09 Å². The lowest BCUT2D eigenvalue weighted by Gasteiger charge is -2.05. The Hall–Kier alpha value is 0.110. The Balaban J connectivity index is 3.04. The van der Waals surface area contributed by atoms with Gasteiger partial charge >= 0.3 is 7.82 Å². The molecule has 236 valence electrons. The van der Waals surface area contributed by atoms with Crippen molar-refractivity contribution in [2.24, 2.45) is 0 Å². The largest absolute Gasteiger partial charge is 0.469 e. The molecule has 0 aliphatic heterocycles. The third-order valence-electron chi connectivity index (χ3n) is 8.26. The first-order valence-corrected chi connectivity index (χ1v) is 19.3. The highest BCUT2D eigenvalue weighted by atomic mass is 31.2. The molecule has 0 bridgehead atoms. The fourth-order valence-corrected chi connectivity index (χ4v) is 6.03. The molecule has 0 aromatic heterocycles. The summed E-state index contributed by atoms with van der Waals surface area (Å²) in [5.74, 6) is 0. The van der Waals surface area contributed by atoms with Crippen LogP contribution in [0, 0.1) is 0 Å². The molecule has 39 heavy (non-hydrogen) atoms. The number of phosphoric ester groups is 1. The molecule has 2 N–H and O–H groups in total. The van der Waals surface area contributed by atoms with E-state index in [0.29, 0.717) is 0 Å². The molecule has 0 saturated heterocycles. The van der Waals surface area contributed by atoms with E-state index in [2.05, 4.69) is 11.4 Å². The van der Waals surface area contributed by atoms with Gasteiger partial charge < -0.3 is 9.79 Å². The van der Waals surface area contributed by atoms with Crippen molar-refractivity contribution >= 4 is 7.82 Å². The molecule has 0 aromatic rings. The van der Waals surface area contributed by atoms with Gasteiger partial charge in [-0.05, 0) is 6.42 Å². The summed E-state index contributed by atoms with van der Waals surface area (Å²) in [5.41, 5.74) is 0. The third kappa shape index (κ3) is 38.1. The van der Waals surface area contributed by atoms with Crippen LogP contribution in [0.2, 0.25) is 0 Å². The minimum absolute atomic E-state index is 0.170. The second-order valence-corrected chi connectivity index (χ2v) is 13.5. The third-order valence-corrected chi connectivity index (χ3v) is 8.78. The van der Waals surface area contributed by atoms with Crippen molar-refractivity contribution in [3.8, 4) is 0 Å². The molecule has 0 aromatic carbocycles. The Labute approximate surface area is 245 Å². The van der Waals surface area contributed by atoms with Crippen LogP contribution < -0.4 is 0 Å². The maximum Gasteiger partial charge on any atom is 0.469 e. The summed E-state index contributed by atoms with van der Waals surface area (Å²) >= 11 is 0. The van der Waals surface area contributed by atoms with Crippen LogP contribution in [0.1, 0.15) is 212 Å². The highest BCUT2D eigenvalue weighted by Crippen LogP contribution is 2.35. The van der Waals surface area contributed by atoms with E-state index >= 15 is 0 Å². The summed E-state index contributed by atoms with van der Waals surface area (Å²) in [6.07, 6.45) is 44.3. The van der Waals surface area contributed by atoms with Crippen LogP contribution in [-0.4, -0.2) is 16.4 Å². The smallest absolute Gasteiger partial charge is 0.303 e. The van der Waals surface area contributed by atoms with Crippen molar-refractivity contribution in [2.75, 3.05) is 6.61 Å². The first-order chi connectivity index (χ1) is 19.1. The minimum Gasteiger partial charge on any atom is -0.303 e. The summed E-state index contributed by atoms with van der Waals surface area (Å²) in [6, 6.07) is 0. The van der Waals surface area contributed by atoms with Gasteiger partial charge in [0, 0.05) is 0 Å². The first kappa shape index (κ1) is 39.1. The maximum atomic E-state index is 10.6. The molecule has 0 aliphatic carbocycles. The van der Waals surface area contributed by atoms with Gasteiger partial charge in [0.1, 0.15) is 0 Å². The molecule has 4 nitrogen and oxygen atoms in total. The lowest BCUT2D eigenvalue weighted by atomic mass is 10.0. The summed E-state index contributed by atoms with van der Waals surface area (Å²) in [7, 11) is -4.27. The topological polar surface area (TPSA) is 66.8 Å². The van der Waals surface area contributed by atoms with Crippen molar-refractivity contribution in [1.29, 1.82) is 0 Å². The molecule has 5 heteroatoms. The highest BCUT2D eigenvalue weighted by molar-refractivity contribution is 7.46. The molecule has 0 amide bonds. The SMILES string of the molecule is CCCCCCCCCCCCCCCCCCCCCCCCCCCCCCCCCCOP(=O)(O)O. The number of hydrogen-bond acceptors (Lipinski definition) is 2. The predicted molar refractivity (Wildman–Crippen MR) is 171 cm³/mol. The fourth-order valence-electron chi connectivity index (χ4n) is 5.66. The normalized spacial score (nSPS) is 12.0. The van der Waals surface area contributed by atoms with Gasteiger partial charge in [-0.1, -0.05) is 206 Å². The molecule has 0 saturated carbocycles. The zero-order chi connectivity index (χ0) is 28.5. The molecule has 0 radical (unpaired) electrons. The van der Waals surface area contributed by atoms with Gasteiger partial charge in [0.25, 0.3) is 0 Å². The molecular formula is C34H71O4P. The standard InChI is InChI=1S/C34H71O4P/c1-2-3-4-5-6-7-8-9-10-11-12-13-14-15-16-17-18-19-20-21-22-23-24-25-26-27-28-29-30-31-32-33-34-38-39(35,36)37/h2-34H2,1H3,(H2,35,36,37). The lowest BCUT2D eigenvalue weighted by Crippen LogP contribution is -1.92. The van der Waals surface area contributed by atoms with E-state index in [1.807, 2.05) is 0 Å². The van der Waals surface area contributed by atoms with Crippen molar-refractivity contribution < 1.29 is 18.9 Å². The highest BCUT2D eigenvalue weighted by Gasteiger charge is 2.12. The second-order valence-electron chi connectivity index (χ2n) is 12.3. The monoisotopic (exact) mass is 575 g/mol. The van der Waals surface area contributed by atoms with E-state index in [4.69, 9.17) is 9.79 Å². The Kier molecular flexibility index (Phi) is 32.7. The van der Waals surface area contributed by atoms with Crippen molar-refractivity contribution in [2.45, 2.75) is 212 Å². The second kappa shape index (κ2) is 32.6. The molecule has 0 aliphatic rings. The number of rotatable bonds is 34. The number of unbranched alkanes of at least 4 members (excludes halogenated alkanes) is 31. The van der Waals surface area contributed by atoms with E-state index in [9.17, 15) is 4.57 Å². The van der Waals surface area contributed by atoms with Crippen molar-refractivity contribution in [3.63, 3.8) is 0 Å². The van der Waals surface area contributed by atoms with Gasteiger partial charge in [-0.25, -0.2) is 4.57 Å². The van der Waals surface area contributed by atoms with E-state index in [1.54, 1.807) is 0 Å². The Morgan fingerprint density at radius 1 is 0.359 bits per heavy atom. The molecule has 0 spiro atoms. The van der Waals surface area contributed by atoms with E-state index < -0.39 is 7.82 Å². The lowest BCUT2D eigenvalue weighted by molar-refractivity contribution is 0.193. The summed E-state index contributed by atoms with van der Waals surface area (Å²) in [5, 5.41) is 0. The molecule has 0 unspecified atom stereocenters. The Bertz CT molecular complexity index is 494. The van der Waals surface area contributed by atoms with Crippen LogP contribution in [0.25, 0.3) is 0 Å². The summed E-state index contributed by atoms with van der Waals surface area (Å²) < 4.78 is 15.0. The predicted octanol–water partition coefficient (Wildman–Crippen LogP) is 12.6. The quantitative estimate of drug-likeness (QED) is 0.0592. The fraction of sp³-hybridized carbons (Fsp3) is 1.00. The molecule has 0 atom stereocenters. The van der Waals surface area contributed by atoms with Crippen LogP contribution in [0.3, 0.4) is 0 Å². The molecule has 0 fully saturated rings. The summed E-state index contributed by atoms with van der Waals surface area (Å²) in [4.78, 5) is 17.2. The molecule has 0 heterocycles. The van der Waals surface area contributed by atoms with Crippen LogP contribution in [0.5, 0.6) is 0 Å². The van der Waals surface area contributed by atoms with Gasteiger partial charge in [-0.3, -0.25) is 4.52 Å². The molecule has 0 rings (SSSR count). The van der Waals surface area contributed by atoms with Gasteiger partial charge in [0.2, 0.25) is 0 Å². The molecular weight excluding hydrogens is 503 g/mol. The minimum atomic E-state index is -4.27. The Morgan fingerprint density at radius 2 is 0.538 bits per heavy atom. The van der Waals surface area contributed by atoms with Gasteiger partial charge in [0.15, 0.2) is 0 Å². The van der Waals surface area contributed by atoms with E-state index in [0.717, 1.165) is 19.3 Å². The van der Waals surface area contributed by atoms with E-state index in [-0.39, 0.29) is 6.61 Å². The zero-order valence-electron chi connectivity index (χ0n) is 26.5. The van der Waals surface area contributed by atoms with E-state index in [1.165, 1.54) is 186 Å². The van der Waals surface area contributed by atoms with Gasteiger partial charge in [0.05, 0.1) is 6.61 Å². The van der Waals surface area contributed by atoms with Crippen LogP contribution in [0.15, 0.2) is 0 Å².